The van der Waals surface area contributed by atoms with E-state index >= 15 is 0 Å². The fourth-order valence-electron chi connectivity index (χ4n) is 2.00. The Kier molecular flexibility index (Phi) is 3.48. The summed E-state index contributed by atoms with van der Waals surface area (Å²) in [6.07, 6.45) is 3.59. The molecule has 0 saturated heterocycles. The second-order valence-corrected chi connectivity index (χ2v) is 5.17. The maximum Gasteiger partial charge on any atom is 0.227 e. The van der Waals surface area contributed by atoms with Crippen molar-refractivity contribution in [1.82, 2.24) is 5.32 Å². The second-order valence-electron chi connectivity index (χ2n) is 4.64. The number of amides is 1. The molecule has 4 heteroatoms. The molecule has 3 N–H and O–H groups in total. The average Bonchev–Trinajstić information content (AvgIpc) is 2.29. The first-order valence-corrected chi connectivity index (χ1v) is 5.40. The van der Waals surface area contributed by atoms with E-state index in [0.29, 0.717) is 0 Å². The van der Waals surface area contributed by atoms with Gasteiger partial charge in [-0.3, -0.25) is 4.79 Å². The van der Waals surface area contributed by atoms with Crippen LogP contribution in [0.1, 0.15) is 39.5 Å². The molecular formula is C10H18N2OS. The highest BCUT2D eigenvalue weighted by Gasteiger charge is 2.35. The van der Waals surface area contributed by atoms with E-state index in [1.807, 2.05) is 0 Å². The number of nitrogens with one attached hydrogen (secondary N) is 1. The van der Waals surface area contributed by atoms with Crippen molar-refractivity contribution in [3.05, 3.63) is 0 Å². The molecule has 0 aromatic heterocycles. The van der Waals surface area contributed by atoms with Crippen LogP contribution >= 0.6 is 12.2 Å². The maximum atomic E-state index is 11.4. The quantitative estimate of drug-likeness (QED) is 0.697. The molecule has 3 nitrogen and oxygen atoms in total. The summed E-state index contributed by atoms with van der Waals surface area (Å²) >= 11 is 4.69. The first kappa shape index (κ1) is 11.4. The van der Waals surface area contributed by atoms with Gasteiger partial charge < -0.3 is 11.1 Å². The van der Waals surface area contributed by atoms with E-state index in [1.54, 1.807) is 0 Å². The molecular weight excluding hydrogens is 196 g/mol. The fourth-order valence-corrected chi connectivity index (χ4v) is 2.13. The number of hydrogen-bond donors (Lipinski definition) is 2. The highest BCUT2D eigenvalue weighted by molar-refractivity contribution is 7.80. The standard InChI is InChI=1S/C10H18N2OS/c1-10(2)5-3-4-7(10)12-9(13)6-8(11)14/h7H,3-6H2,1-2H3,(H2,11,14)(H,12,13). The zero-order valence-corrected chi connectivity index (χ0v) is 9.62. The molecule has 0 radical (unpaired) electrons. The Morgan fingerprint density at radius 2 is 2.29 bits per heavy atom. The Labute approximate surface area is 90.4 Å². The summed E-state index contributed by atoms with van der Waals surface area (Å²) in [5.41, 5.74) is 5.52. The largest absolute Gasteiger partial charge is 0.393 e. The molecule has 1 atom stereocenters. The van der Waals surface area contributed by atoms with Gasteiger partial charge in [0, 0.05) is 6.04 Å². The molecule has 1 saturated carbocycles. The van der Waals surface area contributed by atoms with E-state index in [2.05, 4.69) is 31.4 Å². The van der Waals surface area contributed by atoms with Gasteiger partial charge in [0.15, 0.2) is 0 Å². The molecule has 0 aliphatic heterocycles. The third-order valence-corrected chi connectivity index (χ3v) is 3.07. The Bertz CT molecular complexity index is 251. The number of nitrogens with two attached hydrogens (primary N) is 1. The molecule has 1 amide bonds. The van der Waals surface area contributed by atoms with Gasteiger partial charge in [-0.25, -0.2) is 0 Å². The Morgan fingerprint density at radius 3 is 2.71 bits per heavy atom. The summed E-state index contributed by atoms with van der Waals surface area (Å²) in [4.78, 5) is 11.7. The van der Waals surface area contributed by atoms with Gasteiger partial charge in [0.25, 0.3) is 0 Å². The van der Waals surface area contributed by atoms with Gasteiger partial charge >= 0.3 is 0 Å². The van der Waals surface area contributed by atoms with E-state index in [9.17, 15) is 4.79 Å². The molecule has 1 rings (SSSR count). The summed E-state index contributed by atoms with van der Waals surface area (Å²) in [6.45, 7) is 4.37. The van der Waals surface area contributed by atoms with Crippen LogP contribution in [0.5, 0.6) is 0 Å². The minimum absolute atomic E-state index is 0.0440. The smallest absolute Gasteiger partial charge is 0.227 e. The Hall–Kier alpha value is -0.640. The van der Waals surface area contributed by atoms with Crippen molar-refractivity contribution in [3.63, 3.8) is 0 Å². The third kappa shape index (κ3) is 2.94. The zero-order chi connectivity index (χ0) is 10.8. The summed E-state index contributed by atoms with van der Waals surface area (Å²) in [5.74, 6) is -0.0440. The molecule has 1 fully saturated rings. The van der Waals surface area contributed by atoms with Gasteiger partial charge in [-0.15, -0.1) is 0 Å². The molecule has 14 heavy (non-hydrogen) atoms. The molecule has 0 spiro atoms. The van der Waals surface area contributed by atoms with Crippen molar-refractivity contribution in [3.8, 4) is 0 Å². The lowest BCUT2D eigenvalue weighted by Gasteiger charge is -2.27. The third-order valence-electron chi connectivity index (χ3n) is 2.93. The molecule has 0 aromatic carbocycles. The highest BCUT2D eigenvalue weighted by Crippen LogP contribution is 2.37. The van der Waals surface area contributed by atoms with Crippen molar-refractivity contribution in [1.29, 1.82) is 0 Å². The van der Waals surface area contributed by atoms with E-state index in [1.165, 1.54) is 12.8 Å². The monoisotopic (exact) mass is 214 g/mol. The van der Waals surface area contributed by atoms with Gasteiger partial charge in [0.05, 0.1) is 11.4 Å². The molecule has 0 aromatic rings. The lowest BCUT2D eigenvalue weighted by atomic mass is 9.87. The SMILES string of the molecule is CC1(C)CCCC1NC(=O)CC(N)=S. The van der Waals surface area contributed by atoms with Crippen LogP contribution in [0, 0.1) is 5.41 Å². The minimum atomic E-state index is -0.0440. The number of carbonyl (C=O) groups excluding carboxylic acids is 1. The van der Waals surface area contributed by atoms with Crippen LogP contribution in [0.2, 0.25) is 0 Å². The summed E-state index contributed by atoms with van der Waals surface area (Å²) in [6, 6.07) is 0.282. The first-order chi connectivity index (χ1) is 6.42. The number of rotatable bonds is 3. The van der Waals surface area contributed by atoms with Gasteiger partial charge in [-0.05, 0) is 18.3 Å². The van der Waals surface area contributed by atoms with Crippen molar-refractivity contribution in [2.75, 3.05) is 0 Å². The fraction of sp³-hybridized carbons (Fsp3) is 0.800. The van der Waals surface area contributed by atoms with Crippen LogP contribution in [0.15, 0.2) is 0 Å². The van der Waals surface area contributed by atoms with E-state index in [4.69, 9.17) is 5.73 Å². The second kappa shape index (κ2) is 4.26. The van der Waals surface area contributed by atoms with Gasteiger partial charge in [-0.1, -0.05) is 32.5 Å². The predicted molar refractivity (Wildman–Crippen MR) is 61.0 cm³/mol. The van der Waals surface area contributed by atoms with E-state index in [-0.39, 0.29) is 28.8 Å². The van der Waals surface area contributed by atoms with Crippen molar-refractivity contribution in [2.24, 2.45) is 11.1 Å². The van der Waals surface area contributed by atoms with Crippen LogP contribution < -0.4 is 11.1 Å². The van der Waals surface area contributed by atoms with Crippen molar-refractivity contribution >= 4 is 23.1 Å². The Balaban J connectivity index is 2.44. The van der Waals surface area contributed by atoms with E-state index in [0.717, 1.165) is 6.42 Å². The van der Waals surface area contributed by atoms with Crippen LogP contribution in [-0.2, 0) is 4.79 Å². The van der Waals surface area contributed by atoms with Crippen LogP contribution in [0.4, 0.5) is 0 Å². The summed E-state index contributed by atoms with van der Waals surface area (Å²) in [5, 5.41) is 2.99. The molecule has 1 aliphatic rings. The van der Waals surface area contributed by atoms with Crippen LogP contribution in [0.3, 0.4) is 0 Å². The normalized spacial score (nSPS) is 24.6. The molecule has 0 heterocycles. The molecule has 1 unspecified atom stereocenters. The molecule has 80 valence electrons. The average molecular weight is 214 g/mol. The lowest BCUT2D eigenvalue weighted by molar-refractivity contribution is -0.121. The Morgan fingerprint density at radius 1 is 1.64 bits per heavy atom. The maximum absolute atomic E-state index is 11.4. The topological polar surface area (TPSA) is 55.1 Å². The summed E-state index contributed by atoms with van der Waals surface area (Å²) in [7, 11) is 0. The number of thiocarbonyl (C=S) groups is 1. The zero-order valence-electron chi connectivity index (χ0n) is 8.80. The lowest BCUT2D eigenvalue weighted by Crippen LogP contribution is -2.42. The van der Waals surface area contributed by atoms with Gasteiger partial charge in [-0.2, -0.15) is 0 Å². The van der Waals surface area contributed by atoms with Crippen molar-refractivity contribution < 1.29 is 4.79 Å². The van der Waals surface area contributed by atoms with Crippen LogP contribution in [-0.4, -0.2) is 16.9 Å². The van der Waals surface area contributed by atoms with Crippen LogP contribution in [0.25, 0.3) is 0 Å². The first-order valence-electron chi connectivity index (χ1n) is 4.99. The number of carbonyl (C=O) groups is 1. The minimum Gasteiger partial charge on any atom is -0.393 e. The molecule has 1 aliphatic carbocycles. The van der Waals surface area contributed by atoms with Crippen molar-refractivity contribution in [2.45, 2.75) is 45.6 Å². The molecule has 0 bridgehead atoms. The van der Waals surface area contributed by atoms with Gasteiger partial charge in [0.2, 0.25) is 5.91 Å². The number of hydrogen-bond acceptors (Lipinski definition) is 2. The van der Waals surface area contributed by atoms with Gasteiger partial charge in [0.1, 0.15) is 0 Å². The summed E-state index contributed by atoms with van der Waals surface area (Å²) < 4.78 is 0. The van der Waals surface area contributed by atoms with E-state index < -0.39 is 0 Å². The predicted octanol–water partition coefficient (Wildman–Crippen LogP) is 1.36. The highest BCUT2D eigenvalue weighted by atomic mass is 32.1.